The van der Waals surface area contributed by atoms with Gasteiger partial charge in [-0.25, -0.2) is 13.5 Å². The first kappa shape index (κ1) is 32.9. The van der Waals surface area contributed by atoms with Gasteiger partial charge in [0, 0.05) is 46.3 Å². The van der Waals surface area contributed by atoms with Crippen LogP contribution in [0.2, 0.25) is 0 Å². The number of nitrogens with zero attached hydrogens (tertiary/aromatic N) is 5. The smallest absolute Gasteiger partial charge is 0.263 e. The lowest BCUT2D eigenvalue weighted by Crippen LogP contribution is -2.51. The van der Waals surface area contributed by atoms with Crippen LogP contribution >= 0.6 is 0 Å². The molecule has 2 fully saturated rings. The van der Waals surface area contributed by atoms with E-state index in [0.29, 0.717) is 57.7 Å². The quantitative estimate of drug-likeness (QED) is 0.392. The summed E-state index contributed by atoms with van der Waals surface area (Å²) in [6.45, 7) is 1.90. The van der Waals surface area contributed by atoms with Gasteiger partial charge >= 0.3 is 0 Å². The van der Waals surface area contributed by atoms with E-state index >= 15 is 8.78 Å². The van der Waals surface area contributed by atoms with E-state index in [9.17, 15) is 9.59 Å². The molecule has 13 heteroatoms. The van der Waals surface area contributed by atoms with Crippen molar-refractivity contribution in [2.45, 2.75) is 88.8 Å². The number of halogens is 2. The third-order valence-electron chi connectivity index (χ3n) is 9.85. The topological polar surface area (TPSA) is 131 Å². The van der Waals surface area contributed by atoms with Gasteiger partial charge in [0.1, 0.15) is 23.2 Å². The van der Waals surface area contributed by atoms with Crippen molar-refractivity contribution in [2.24, 2.45) is 5.92 Å². The molecule has 2 aromatic rings. The number of nitrogen functional groups attached to an aromatic ring is 1. The molecule has 1 aliphatic carbocycles. The van der Waals surface area contributed by atoms with Crippen molar-refractivity contribution in [3.8, 4) is 0 Å². The van der Waals surface area contributed by atoms with Gasteiger partial charge in [0.25, 0.3) is 5.91 Å². The van der Waals surface area contributed by atoms with E-state index in [0.717, 1.165) is 44.7 Å². The van der Waals surface area contributed by atoms with Crippen LogP contribution in [0.5, 0.6) is 0 Å². The van der Waals surface area contributed by atoms with Crippen LogP contribution in [0.1, 0.15) is 87.4 Å². The maximum absolute atomic E-state index is 15.9. The Bertz CT molecular complexity index is 1320. The van der Waals surface area contributed by atoms with Gasteiger partial charge in [-0.3, -0.25) is 14.6 Å². The maximum atomic E-state index is 15.9. The molecule has 4 heterocycles. The van der Waals surface area contributed by atoms with E-state index in [2.05, 4.69) is 20.7 Å². The van der Waals surface area contributed by atoms with Gasteiger partial charge in [0.2, 0.25) is 5.91 Å². The Morgan fingerprint density at radius 1 is 1.11 bits per heavy atom. The van der Waals surface area contributed by atoms with Crippen LogP contribution in [-0.4, -0.2) is 84.6 Å². The van der Waals surface area contributed by atoms with Crippen molar-refractivity contribution in [3.05, 3.63) is 23.8 Å². The molecule has 1 saturated heterocycles. The highest BCUT2D eigenvalue weighted by Gasteiger charge is 2.47. The van der Waals surface area contributed by atoms with Crippen molar-refractivity contribution in [2.75, 3.05) is 68.2 Å². The number of nitrogens with one attached hydrogen (secondary N) is 2. The van der Waals surface area contributed by atoms with Crippen molar-refractivity contribution in [1.82, 2.24) is 19.7 Å². The lowest BCUT2D eigenvalue weighted by Gasteiger charge is -2.42. The number of hydrogen-bond acceptors (Lipinski definition) is 8. The van der Waals surface area contributed by atoms with E-state index in [1.54, 1.807) is 23.7 Å². The third kappa shape index (κ3) is 7.02. The van der Waals surface area contributed by atoms with Crippen molar-refractivity contribution >= 4 is 34.8 Å². The number of ether oxygens (including phenoxy) is 1. The number of pyridine rings is 1. The van der Waals surface area contributed by atoms with Crippen molar-refractivity contribution in [3.63, 3.8) is 0 Å². The van der Waals surface area contributed by atoms with E-state index in [4.69, 9.17) is 10.5 Å². The van der Waals surface area contributed by atoms with Crippen molar-refractivity contribution in [1.29, 1.82) is 0 Å². The molecule has 45 heavy (non-hydrogen) atoms. The SMILES string of the molecule is COCCN(C)C(=O)C1CCN(c2c(F)cncc2NC(=O)c2c(N)nn3c2NCC(F)C32CCCCCCCCCC2)CC1. The summed E-state index contributed by atoms with van der Waals surface area (Å²) >= 11 is 0. The van der Waals surface area contributed by atoms with Crippen LogP contribution in [0, 0.1) is 11.7 Å². The first-order valence-electron chi connectivity index (χ1n) is 16.5. The summed E-state index contributed by atoms with van der Waals surface area (Å²) in [5.41, 5.74) is 6.03. The Morgan fingerprint density at radius 2 is 1.76 bits per heavy atom. The standard InChI is InChI=1S/C32H48F2N8O3/c1-40(17-18-45-2)31(44)22-11-15-41(16-12-22)27-23(33)19-36-20-24(27)38-30(43)26-28(35)39-42-29(26)37-21-25(34)32(42)13-9-7-5-3-4-6-8-10-14-32/h19-20,22,25,37H,3-18,21H2,1-2H3,(H2,35,39)(H,38,43). The molecular weight excluding hydrogens is 582 g/mol. The average molecular weight is 631 g/mol. The number of piperidine rings is 1. The molecule has 1 unspecified atom stereocenters. The minimum absolute atomic E-state index is 0.000577. The Labute approximate surface area is 264 Å². The number of methoxy groups -OCH3 is 1. The van der Waals surface area contributed by atoms with Crippen LogP contribution in [0.3, 0.4) is 0 Å². The van der Waals surface area contributed by atoms with Gasteiger partial charge in [-0.15, -0.1) is 0 Å². The second-order valence-electron chi connectivity index (χ2n) is 12.8. The van der Waals surface area contributed by atoms with Crippen LogP contribution < -0.4 is 21.3 Å². The largest absolute Gasteiger partial charge is 0.383 e. The highest BCUT2D eigenvalue weighted by atomic mass is 19.1. The number of carbonyl (C=O) groups excluding carboxylic acids is 2. The monoisotopic (exact) mass is 630 g/mol. The van der Waals surface area contributed by atoms with Crippen molar-refractivity contribution < 1.29 is 23.1 Å². The van der Waals surface area contributed by atoms with Gasteiger partial charge in [0.15, 0.2) is 11.6 Å². The zero-order chi connectivity index (χ0) is 32.0. The molecule has 3 aliphatic rings. The number of fused-ring (bicyclic) bond motifs is 2. The summed E-state index contributed by atoms with van der Waals surface area (Å²) in [7, 11) is 3.36. The zero-order valence-corrected chi connectivity index (χ0v) is 26.6. The molecule has 4 N–H and O–H groups in total. The summed E-state index contributed by atoms with van der Waals surface area (Å²) in [5, 5.41) is 10.5. The molecule has 1 spiro atoms. The number of rotatable bonds is 7. The number of anilines is 4. The molecule has 248 valence electrons. The summed E-state index contributed by atoms with van der Waals surface area (Å²) in [6.07, 6.45) is 12.2. The molecule has 2 aromatic heterocycles. The van der Waals surface area contributed by atoms with E-state index < -0.39 is 23.4 Å². The fraction of sp³-hybridized carbons (Fsp3) is 0.688. The summed E-state index contributed by atoms with van der Waals surface area (Å²) in [6, 6.07) is 0. The molecule has 0 aromatic carbocycles. The fourth-order valence-corrected chi connectivity index (χ4v) is 7.25. The minimum atomic E-state index is -1.17. The Hall–Kier alpha value is -3.48. The summed E-state index contributed by atoms with van der Waals surface area (Å²) in [5.74, 6) is -0.867. The van der Waals surface area contributed by atoms with E-state index in [-0.39, 0.29) is 41.1 Å². The van der Waals surface area contributed by atoms with Gasteiger partial charge in [-0.05, 0) is 25.7 Å². The number of alkyl halides is 1. The number of amides is 2. The molecule has 0 radical (unpaired) electrons. The number of nitrogens with two attached hydrogens (primary N) is 1. The minimum Gasteiger partial charge on any atom is -0.383 e. The van der Waals surface area contributed by atoms with E-state index in [1.807, 2.05) is 4.90 Å². The number of likely N-dealkylation sites (N-methyl/N-ethyl adjacent to an activating group) is 1. The Morgan fingerprint density at radius 3 is 2.40 bits per heavy atom. The van der Waals surface area contributed by atoms with Gasteiger partial charge < -0.3 is 30.9 Å². The molecular formula is C32H48F2N8O3. The van der Waals surface area contributed by atoms with Crippen LogP contribution in [0.25, 0.3) is 0 Å². The van der Waals surface area contributed by atoms with Gasteiger partial charge in [-0.1, -0.05) is 51.4 Å². The van der Waals surface area contributed by atoms with Crippen LogP contribution in [-0.2, 0) is 15.1 Å². The lowest BCUT2D eigenvalue weighted by atomic mass is 9.81. The predicted octanol–water partition coefficient (Wildman–Crippen LogP) is 4.95. The highest BCUT2D eigenvalue weighted by Crippen LogP contribution is 2.43. The van der Waals surface area contributed by atoms with Crippen LogP contribution in [0.4, 0.5) is 31.8 Å². The number of hydrogen-bond donors (Lipinski definition) is 3. The predicted molar refractivity (Wildman–Crippen MR) is 171 cm³/mol. The Kier molecular flexibility index (Phi) is 10.8. The normalized spacial score (nSPS) is 21.0. The van der Waals surface area contributed by atoms with Gasteiger partial charge in [-0.2, -0.15) is 5.10 Å². The lowest BCUT2D eigenvalue weighted by molar-refractivity contribution is -0.135. The summed E-state index contributed by atoms with van der Waals surface area (Å²) < 4.78 is 37.9. The Balaban J connectivity index is 1.35. The molecule has 1 atom stereocenters. The average Bonchev–Trinajstić information content (AvgIpc) is 3.35. The first-order chi connectivity index (χ1) is 21.8. The first-order valence-corrected chi connectivity index (χ1v) is 16.5. The second kappa shape index (κ2) is 14.7. The second-order valence-corrected chi connectivity index (χ2v) is 12.8. The molecule has 0 bridgehead atoms. The molecule has 2 amide bonds. The van der Waals surface area contributed by atoms with Crippen LogP contribution in [0.15, 0.2) is 12.4 Å². The molecule has 2 aliphatic heterocycles. The molecule has 11 nitrogen and oxygen atoms in total. The molecule has 1 saturated carbocycles. The van der Waals surface area contributed by atoms with Gasteiger partial charge in [0.05, 0.1) is 30.2 Å². The number of aromatic nitrogens is 3. The molecule has 5 rings (SSSR count). The zero-order valence-electron chi connectivity index (χ0n) is 26.6. The van der Waals surface area contributed by atoms with E-state index in [1.165, 1.54) is 19.0 Å². The fourth-order valence-electron chi connectivity index (χ4n) is 7.25. The number of carbonyl (C=O) groups is 2. The highest BCUT2D eigenvalue weighted by molar-refractivity contribution is 6.12. The third-order valence-corrected chi connectivity index (χ3v) is 9.85. The maximum Gasteiger partial charge on any atom is 0.263 e. The summed E-state index contributed by atoms with van der Waals surface area (Å²) in [4.78, 5) is 34.2.